The van der Waals surface area contributed by atoms with Crippen LogP contribution < -0.4 is 16.3 Å². The SMILES string of the molecule is CCOC(=O)Nc1ccc2c(COC(=O)CC3Sc4ccccc4NC3=O)cc(=O)oc2c1. The number of nitrogens with one attached hydrogen (secondary N) is 2. The van der Waals surface area contributed by atoms with E-state index in [1.165, 1.54) is 23.9 Å². The number of thioether (sulfide) groups is 1. The van der Waals surface area contributed by atoms with Crippen LogP contribution in [0.25, 0.3) is 11.0 Å². The lowest BCUT2D eigenvalue weighted by atomic mass is 10.1. The Balaban J connectivity index is 1.43. The van der Waals surface area contributed by atoms with E-state index in [1.54, 1.807) is 25.1 Å². The van der Waals surface area contributed by atoms with Crippen LogP contribution in [0.1, 0.15) is 18.9 Å². The second-order valence-electron chi connectivity index (χ2n) is 7.10. The van der Waals surface area contributed by atoms with Crippen molar-refractivity contribution in [2.45, 2.75) is 30.1 Å². The van der Waals surface area contributed by atoms with E-state index in [9.17, 15) is 19.2 Å². The van der Waals surface area contributed by atoms with Crippen molar-refractivity contribution < 1.29 is 28.3 Å². The highest BCUT2D eigenvalue weighted by atomic mass is 32.2. The van der Waals surface area contributed by atoms with Crippen LogP contribution in [0.4, 0.5) is 16.2 Å². The molecule has 10 heteroatoms. The molecule has 3 aromatic rings. The van der Waals surface area contributed by atoms with Gasteiger partial charge in [-0.05, 0) is 31.2 Å². The van der Waals surface area contributed by atoms with Gasteiger partial charge in [-0.1, -0.05) is 12.1 Å². The molecule has 0 aliphatic carbocycles. The van der Waals surface area contributed by atoms with Gasteiger partial charge >= 0.3 is 17.7 Å². The lowest BCUT2D eigenvalue weighted by Gasteiger charge is -2.23. The third-order valence-electron chi connectivity index (χ3n) is 4.80. The van der Waals surface area contributed by atoms with E-state index < -0.39 is 22.9 Å². The molecule has 0 radical (unpaired) electrons. The Kier molecular flexibility index (Phi) is 6.64. The molecule has 1 aromatic heterocycles. The van der Waals surface area contributed by atoms with Gasteiger partial charge in [-0.3, -0.25) is 14.9 Å². The molecular formula is C23H20N2O7S. The molecule has 170 valence electrons. The van der Waals surface area contributed by atoms with Gasteiger partial charge in [-0.15, -0.1) is 11.8 Å². The molecule has 4 rings (SSSR count). The van der Waals surface area contributed by atoms with E-state index in [-0.39, 0.29) is 31.1 Å². The van der Waals surface area contributed by atoms with Crippen molar-refractivity contribution in [3.63, 3.8) is 0 Å². The summed E-state index contributed by atoms with van der Waals surface area (Å²) in [6, 6.07) is 13.3. The van der Waals surface area contributed by atoms with E-state index in [1.807, 2.05) is 18.2 Å². The first kappa shape index (κ1) is 22.4. The maximum absolute atomic E-state index is 12.4. The van der Waals surface area contributed by atoms with Crippen LogP contribution in [-0.4, -0.2) is 29.8 Å². The number of fused-ring (bicyclic) bond motifs is 2. The number of para-hydroxylation sites is 1. The molecule has 1 aliphatic rings. The fourth-order valence-corrected chi connectivity index (χ4v) is 4.40. The minimum Gasteiger partial charge on any atom is -0.461 e. The normalized spacial score (nSPS) is 14.8. The van der Waals surface area contributed by atoms with Crippen molar-refractivity contribution in [2.24, 2.45) is 0 Å². The zero-order valence-corrected chi connectivity index (χ0v) is 18.4. The van der Waals surface area contributed by atoms with Crippen LogP contribution in [0.15, 0.2) is 62.6 Å². The average Bonchev–Trinajstić information content (AvgIpc) is 2.77. The van der Waals surface area contributed by atoms with Gasteiger partial charge in [0.15, 0.2) is 0 Å². The number of rotatable bonds is 6. The summed E-state index contributed by atoms with van der Waals surface area (Å²) < 4.78 is 15.4. The largest absolute Gasteiger partial charge is 0.461 e. The lowest BCUT2D eigenvalue weighted by molar-refractivity contribution is -0.145. The van der Waals surface area contributed by atoms with Gasteiger partial charge in [0.25, 0.3) is 0 Å². The first-order valence-electron chi connectivity index (χ1n) is 10.2. The standard InChI is InChI=1S/C23H20N2O7S/c1-2-30-23(29)24-14-7-8-15-13(9-21(27)32-17(15)10-14)12-31-20(26)11-19-22(28)25-16-5-3-4-6-18(16)33-19/h3-10,19H,2,11-12H2,1H3,(H,24,29)(H,25,28). The van der Waals surface area contributed by atoms with Crippen molar-refractivity contribution in [1.29, 1.82) is 0 Å². The Labute approximate surface area is 192 Å². The summed E-state index contributed by atoms with van der Waals surface area (Å²) in [5.41, 5.74) is 1.15. The van der Waals surface area contributed by atoms with Crippen molar-refractivity contribution in [3.8, 4) is 0 Å². The first-order chi connectivity index (χ1) is 15.9. The predicted molar refractivity (Wildman–Crippen MR) is 122 cm³/mol. The number of ether oxygens (including phenoxy) is 2. The molecule has 0 spiro atoms. The number of amides is 2. The highest BCUT2D eigenvalue weighted by Crippen LogP contribution is 2.36. The Hall–Kier alpha value is -3.79. The van der Waals surface area contributed by atoms with E-state index in [0.29, 0.717) is 16.6 Å². The molecule has 2 aromatic carbocycles. The lowest BCUT2D eigenvalue weighted by Crippen LogP contribution is -2.31. The smallest absolute Gasteiger partial charge is 0.411 e. The third kappa shape index (κ3) is 5.35. The molecule has 1 aliphatic heterocycles. The van der Waals surface area contributed by atoms with Crippen molar-refractivity contribution >= 4 is 52.1 Å². The summed E-state index contributed by atoms with van der Waals surface area (Å²) in [7, 11) is 0. The Morgan fingerprint density at radius 3 is 2.76 bits per heavy atom. The minimum absolute atomic E-state index is 0.113. The predicted octanol–water partition coefficient (Wildman–Crippen LogP) is 3.91. The molecule has 2 N–H and O–H groups in total. The van der Waals surface area contributed by atoms with Crippen molar-refractivity contribution in [3.05, 3.63) is 64.5 Å². The number of benzene rings is 2. The number of carbonyl (C=O) groups excluding carboxylic acids is 3. The maximum Gasteiger partial charge on any atom is 0.411 e. The Morgan fingerprint density at radius 1 is 1.12 bits per heavy atom. The summed E-state index contributed by atoms with van der Waals surface area (Å²) in [6.45, 7) is 1.74. The molecule has 33 heavy (non-hydrogen) atoms. The summed E-state index contributed by atoms with van der Waals surface area (Å²) in [5, 5.41) is 5.26. The summed E-state index contributed by atoms with van der Waals surface area (Å²) in [5.74, 6) is -0.827. The fraction of sp³-hybridized carbons (Fsp3) is 0.217. The molecule has 0 saturated heterocycles. The number of esters is 1. The summed E-state index contributed by atoms with van der Waals surface area (Å²) in [4.78, 5) is 49.2. The highest BCUT2D eigenvalue weighted by molar-refractivity contribution is 8.01. The fourth-order valence-electron chi connectivity index (χ4n) is 3.31. The van der Waals surface area contributed by atoms with Crippen molar-refractivity contribution in [1.82, 2.24) is 0 Å². The second kappa shape index (κ2) is 9.78. The Morgan fingerprint density at radius 2 is 1.94 bits per heavy atom. The first-order valence-corrected chi connectivity index (χ1v) is 11.0. The molecule has 2 heterocycles. The highest BCUT2D eigenvalue weighted by Gasteiger charge is 2.29. The molecule has 1 unspecified atom stereocenters. The molecule has 0 saturated carbocycles. The monoisotopic (exact) mass is 468 g/mol. The van der Waals surface area contributed by atoms with Crippen LogP contribution in [-0.2, 0) is 25.7 Å². The zero-order chi connectivity index (χ0) is 23.4. The number of hydrogen-bond donors (Lipinski definition) is 2. The van der Waals surface area contributed by atoms with E-state index >= 15 is 0 Å². The van der Waals surface area contributed by atoms with Gasteiger partial charge in [0.2, 0.25) is 5.91 Å². The molecule has 0 fully saturated rings. The molecule has 9 nitrogen and oxygen atoms in total. The number of anilines is 2. The molecule has 2 amide bonds. The topological polar surface area (TPSA) is 124 Å². The molecule has 0 bridgehead atoms. The van der Waals surface area contributed by atoms with E-state index in [0.717, 1.165) is 10.6 Å². The van der Waals surface area contributed by atoms with Crippen LogP contribution >= 0.6 is 11.8 Å². The van der Waals surface area contributed by atoms with Gasteiger partial charge in [-0.2, -0.15) is 0 Å². The zero-order valence-electron chi connectivity index (χ0n) is 17.6. The summed E-state index contributed by atoms with van der Waals surface area (Å²) in [6.07, 6.45) is -0.741. The maximum atomic E-state index is 12.4. The molecule has 1 atom stereocenters. The van der Waals surface area contributed by atoms with Crippen LogP contribution in [0.3, 0.4) is 0 Å². The van der Waals surface area contributed by atoms with Gasteiger partial charge in [-0.25, -0.2) is 9.59 Å². The molecular weight excluding hydrogens is 448 g/mol. The third-order valence-corrected chi connectivity index (χ3v) is 6.07. The number of carbonyl (C=O) groups is 3. The summed E-state index contributed by atoms with van der Waals surface area (Å²) >= 11 is 1.31. The quantitative estimate of drug-likeness (QED) is 0.412. The van der Waals surface area contributed by atoms with Crippen LogP contribution in [0, 0.1) is 0 Å². The van der Waals surface area contributed by atoms with Gasteiger partial charge in [0.1, 0.15) is 12.2 Å². The van der Waals surface area contributed by atoms with Gasteiger partial charge in [0.05, 0.1) is 24.0 Å². The Bertz CT molecular complexity index is 1290. The minimum atomic E-state index is -0.628. The van der Waals surface area contributed by atoms with Gasteiger partial charge in [0, 0.05) is 33.7 Å². The van der Waals surface area contributed by atoms with Crippen molar-refractivity contribution in [2.75, 3.05) is 17.2 Å². The average molecular weight is 468 g/mol. The van der Waals surface area contributed by atoms with E-state index in [2.05, 4.69) is 10.6 Å². The van der Waals surface area contributed by atoms with Crippen LogP contribution in [0.2, 0.25) is 0 Å². The number of hydrogen-bond acceptors (Lipinski definition) is 8. The van der Waals surface area contributed by atoms with E-state index in [4.69, 9.17) is 13.9 Å². The van der Waals surface area contributed by atoms with Gasteiger partial charge < -0.3 is 19.2 Å². The van der Waals surface area contributed by atoms with Crippen LogP contribution in [0.5, 0.6) is 0 Å². The second-order valence-corrected chi connectivity index (χ2v) is 8.35.